The third-order valence-corrected chi connectivity index (χ3v) is 2.22. The van der Waals surface area contributed by atoms with Crippen molar-refractivity contribution in [2.24, 2.45) is 0 Å². The number of nitriles is 1. The summed E-state index contributed by atoms with van der Waals surface area (Å²) >= 11 is 0. The van der Waals surface area contributed by atoms with E-state index in [1.807, 2.05) is 32.0 Å². The summed E-state index contributed by atoms with van der Waals surface area (Å²) < 4.78 is 0. The van der Waals surface area contributed by atoms with E-state index in [4.69, 9.17) is 5.26 Å². The Hall–Kier alpha value is -1.67. The summed E-state index contributed by atoms with van der Waals surface area (Å²) in [5.74, 6) is 0.618. The van der Waals surface area contributed by atoms with Crippen LogP contribution in [-0.2, 0) is 0 Å². The maximum atomic E-state index is 8.81. The second-order valence-corrected chi connectivity index (χ2v) is 3.69. The van der Waals surface area contributed by atoms with Crippen molar-refractivity contribution < 1.29 is 0 Å². The Labute approximate surface area is 96.1 Å². The molecule has 0 fully saturated rings. The summed E-state index contributed by atoms with van der Waals surface area (Å²) in [6.07, 6.45) is 1.02. The minimum atomic E-state index is 0.419. The van der Waals surface area contributed by atoms with Gasteiger partial charge in [0.05, 0.1) is 0 Å². The molecule has 16 heavy (non-hydrogen) atoms. The highest BCUT2D eigenvalue weighted by Gasteiger charge is 2.06. The van der Waals surface area contributed by atoms with E-state index >= 15 is 0 Å². The number of aromatic nitrogens is 2. The van der Waals surface area contributed by atoms with Crippen LogP contribution in [0, 0.1) is 18.3 Å². The Kier molecular flexibility index (Phi) is 4.67. The molecule has 5 heteroatoms. The molecule has 1 N–H and O–H groups in total. The molecular weight excluding hydrogens is 202 g/mol. The normalized spacial score (nSPS) is 9.88. The third kappa shape index (κ3) is 3.48. The van der Waals surface area contributed by atoms with Gasteiger partial charge in [-0.05, 0) is 33.0 Å². The van der Waals surface area contributed by atoms with Gasteiger partial charge < -0.3 is 10.2 Å². The maximum Gasteiger partial charge on any atom is 0.226 e. The number of rotatable bonds is 5. The van der Waals surface area contributed by atoms with E-state index in [9.17, 15) is 0 Å². The molecular formula is C11H17N5. The SMILES string of the molecule is CNCCCN(C)c1nc(C)cc(C#N)n1. The van der Waals surface area contributed by atoms with E-state index in [-0.39, 0.29) is 0 Å². The fourth-order valence-electron chi connectivity index (χ4n) is 1.37. The fourth-order valence-corrected chi connectivity index (χ4v) is 1.37. The average molecular weight is 219 g/mol. The van der Waals surface area contributed by atoms with Crippen LogP contribution in [-0.4, -0.2) is 37.2 Å². The lowest BCUT2D eigenvalue weighted by Gasteiger charge is -2.17. The summed E-state index contributed by atoms with van der Waals surface area (Å²) in [5.41, 5.74) is 1.24. The fraction of sp³-hybridized carbons (Fsp3) is 0.545. The van der Waals surface area contributed by atoms with Gasteiger partial charge in [-0.3, -0.25) is 0 Å². The van der Waals surface area contributed by atoms with Gasteiger partial charge in [-0.1, -0.05) is 0 Å². The molecule has 0 radical (unpaired) electrons. The third-order valence-electron chi connectivity index (χ3n) is 2.22. The van der Waals surface area contributed by atoms with Gasteiger partial charge in [0.15, 0.2) is 0 Å². The molecule has 0 amide bonds. The van der Waals surface area contributed by atoms with E-state index in [1.165, 1.54) is 0 Å². The zero-order chi connectivity index (χ0) is 12.0. The summed E-state index contributed by atoms with van der Waals surface area (Å²) in [6, 6.07) is 3.73. The van der Waals surface area contributed by atoms with Gasteiger partial charge in [-0.2, -0.15) is 5.26 Å². The van der Waals surface area contributed by atoms with Gasteiger partial charge in [0.2, 0.25) is 5.95 Å². The van der Waals surface area contributed by atoms with Crippen LogP contribution < -0.4 is 10.2 Å². The Morgan fingerprint density at radius 1 is 1.50 bits per heavy atom. The average Bonchev–Trinajstić information content (AvgIpc) is 2.28. The number of hydrogen-bond donors (Lipinski definition) is 1. The zero-order valence-corrected chi connectivity index (χ0v) is 9.99. The van der Waals surface area contributed by atoms with Crippen molar-refractivity contribution in [3.63, 3.8) is 0 Å². The first kappa shape index (κ1) is 12.4. The van der Waals surface area contributed by atoms with Crippen LogP contribution in [0.25, 0.3) is 0 Å². The van der Waals surface area contributed by atoms with Crippen LogP contribution in [0.3, 0.4) is 0 Å². The Morgan fingerprint density at radius 2 is 2.25 bits per heavy atom. The smallest absolute Gasteiger partial charge is 0.226 e. The van der Waals surface area contributed by atoms with Crippen molar-refractivity contribution in [2.75, 3.05) is 32.1 Å². The molecule has 0 saturated heterocycles. The largest absolute Gasteiger partial charge is 0.344 e. The second kappa shape index (κ2) is 6.03. The van der Waals surface area contributed by atoms with Crippen molar-refractivity contribution in [1.29, 1.82) is 5.26 Å². The predicted octanol–water partition coefficient (Wildman–Crippen LogP) is 0.702. The Morgan fingerprint density at radius 3 is 2.88 bits per heavy atom. The van der Waals surface area contributed by atoms with E-state index < -0.39 is 0 Å². The van der Waals surface area contributed by atoms with Gasteiger partial charge in [-0.25, -0.2) is 9.97 Å². The summed E-state index contributed by atoms with van der Waals surface area (Å²) in [4.78, 5) is 10.4. The molecule has 1 rings (SSSR count). The first-order valence-electron chi connectivity index (χ1n) is 5.29. The Bertz CT molecular complexity index is 382. The van der Waals surface area contributed by atoms with Crippen molar-refractivity contribution in [3.8, 4) is 6.07 Å². The van der Waals surface area contributed by atoms with Crippen LogP contribution in [0.1, 0.15) is 17.8 Å². The lowest BCUT2D eigenvalue weighted by atomic mass is 10.3. The van der Waals surface area contributed by atoms with Crippen LogP contribution in [0.5, 0.6) is 0 Å². The lowest BCUT2D eigenvalue weighted by Crippen LogP contribution is -2.24. The summed E-state index contributed by atoms with van der Waals surface area (Å²) in [5, 5.41) is 11.9. The molecule has 0 aromatic carbocycles. The topological polar surface area (TPSA) is 64.8 Å². The molecule has 0 unspecified atom stereocenters. The number of nitrogens with zero attached hydrogens (tertiary/aromatic N) is 4. The van der Waals surface area contributed by atoms with Crippen LogP contribution in [0.15, 0.2) is 6.07 Å². The molecule has 1 heterocycles. The number of anilines is 1. The summed E-state index contributed by atoms with van der Waals surface area (Å²) in [7, 11) is 3.86. The van der Waals surface area contributed by atoms with Crippen LogP contribution in [0.4, 0.5) is 5.95 Å². The van der Waals surface area contributed by atoms with Gasteiger partial charge in [0.25, 0.3) is 0 Å². The molecule has 0 bridgehead atoms. The van der Waals surface area contributed by atoms with Gasteiger partial charge in [0, 0.05) is 19.3 Å². The van der Waals surface area contributed by atoms with Gasteiger partial charge in [-0.15, -0.1) is 0 Å². The molecule has 1 aromatic rings. The summed E-state index contributed by atoms with van der Waals surface area (Å²) in [6.45, 7) is 3.70. The molecule has 1 aromatic heterocycles. The standard InChI is InChI=1S/C11H17N5/c1-9-7-10(8-12)15-11(14-9)16(3)6-4-5-13-2/h7,13H,4-6H2,1-3H3. The van der Waals surface area contributed by atoms with Crippen molar-refractivity contribution >= 4 is 5.95 Å². The van der Waals surface area contributed by atoms with E-state index in [0.29, 0.717) is 11.6 Å². The predicted molar refractivity (Wildman–Crippen MR) is 63.3 cm³/mol. The van der Waals surface area contributed by atoms with Crippen molar-refractivity contribution in [3.05, 3.63) is 17.5 Å². The highest BCUT2D eigenvalue weighted by molar-refractivity contribution is 5.34. The molecule has 0 aliphatic rings. The second-order valence-electron chi connectivity index (χ2n) is 3.69. The molecule has 0 saturated carbocycles. The highest BCUT2D eigenvalue weighted by Crippen LogP contribution is 2.08. The van der Waals surface area contributed by atoms with E-state index in [2.05, 4.69) is 15.3 Å². The lowest BCUT2D eigenvalue weighted by molar-refractivity contribution is 0.703. The van der Waals surface area contributed by atoms with Gasteiger partial charge >= 0.3 is 0 Å². The van der Waals surface area contributed by atoms with E-state index in [1.54, 1.807) is 6.07 Å². The monoisotopic (exact) mass is 219 g/mol. The highest BCUT2D eigenvalue weighted by atomic mass is 15.2. The van der Waals surface area contributed by atoms with E-state index in [0.717, 1.165) is 25.2 Å². The van der Waals surface area contributed by atoms with Gasteiger partial charge in [0.1, 0.15) is 11.8 Å². The number of hydrogen-bond acceptors (Lipinski definition) is 5. The first-order valence-corrected chi connectivity index (χ1v) is 5.29. The quantitative estimate of drug-likeness (QED) is 0.739. The van der Waals surface area contributed by atoms with Crippen LogP contribution >= 0.6 is 0 Å². The molecule has 0 aliphatic carbocycles. The minimum absolute atomic E-state index is 0.419. The minimum Gasteiger partial charge on any atom is -0.344 e. The molecule has 5 nitrogen and oxygen atoms in total. The molecule has 86 valence electrons. The molecule has 0 aliphatic heterocycles. The van der Waals surface area contributed by atoms with Crippen molar-refractivity contribution in [1.82, 2.24) is 15.3 Å². The van der Waals surface area contributed by atoms with Crippen LogP contribution in [0.2, 0.25) is 0 Å². The molecule has 0 atom stereocenters. The van der Waals surface area contributed by atoms with Crippen molar-refractivity contribution in [2.45, 2.75) is 13.3 Å². The Balaban J connectivity index is 2.71. The first-order chi connectivity index (χ1) is 7.67. The number of nitrogens with one attached hydrogen (secondary N) is 1. The molecule has 0 spiro atoms. The zero-order valence-electron chi connectivity index (χ0n) is 9.99. The number of aryl methyl sites for hydroxylation is 1. The maximum absolute atomic E-state index is 8.81.